The number of aryl methyl sites for hydroxylation is 1. The summed E-state index contributed by atoms with van der Waals surface area (Å²) in [5, 5.41) is 3.18. The fraction of sp³-hybridized carbons (Fsp3) is 0.421. The number of benzene rings is 1. The normalized spacial score (nSPS) is 18.9. The minimum Gasteiger partial charge on any atom is -0.347 e. The summed E-state index contributed by atoms with van der Waals surface area (Å²) in [6.45, 7) is 4.47. The number of likely N-dealkylation sites (tertiary alicyclic amines) is 1. The van der Waals surface area contributed by atoms with Crippen molar-refractivity contribution in [1.29, 1.82) is 0 Å². The highest BCUT2D eigenvalue weighted by Gasteiger charge is 2.41. The Labute approximate surface area is 152 Å². The Morgan fingerprint density at radius 2 is 1.88 bits per heavy atom. The molecular formula is C19H22N4O3. The van der Waals surface area contributed by atoms with Crippen LogP contribution in [0, 0.1) is 6.92 Å². The lowest BCUT2D eigenvalue weighted by molar-refractivity contribution is -0.181. The predicted octanol–water partition coefficient (Wildman–Crippen LogP) is 2.51. The van der Waals surface area contributed by atoms with Crippen molar-refractivity contribution in [2.45, 2.75) is 25.6 Å². The zero-order valence-corrected chi connectivity index (χ0v) is 14.8. The first-order valence-electron chi connectivity index (χ1n) is 8.88. The maximum absolute atomic E-state index is 12.8. The van der Waals surface area contributed by atoms with E-state index in [1.807, 2.05) is 31.2 Å². The van der Waals surface area contributed by atoms with Crippen LogP contribution in [0.1, 0.15) is 28.9 Å². The Hall–Kier alpha value is -2.51. The van der Waals surface area contributed by atoms with E-state index in [0.29, 0.717) is 50.8 Å². The van der Waals surface area contributed by atoms with Crippen LogP contribution in [0.25, 0.3) is 0 Å². The largest absolute Gasteiger partial charge is 0.347 e. The van der Waals surface area contributed by atoms with Crippen molar-refractivity contribution >= 4 is 17.5 Å². The van der Waals surface area contributed by atoms with Gasteiger partial charge in [0.15, 0.2) is 5.79 Å². The number of para-hydroxylation sites is 1. The van der Waals surface area contributed by atoms with Crippen molar-refractivity contribution in [3.8, 4) is 0 Å². The molecule has 1 aromatic carbocycles. The van der Waals surface area contributed by atoms with Crippen LogP contribution in [0.3, 0.4) is 0 Å². The Balaban J connectivity index is 1.44. The number of rotatable bonds is 3. The first-order chi connectivity index (χ1) is 12.7. The number of nitrogens with zero attached hydrogens (tertiary/aromatic N) is 3. The average molecular weight is 354 g/mol. The monoisotopic (exact) mass is 354 g/mol. The van der Waals surface area contributed by atoms with Crippen LogP contribution in [0.4, 0.5) is 11.6 Å². The van der Waals surface area contributed by atoms with E-state index >= 15 is 0 Å². The highest BCUT2D eigenvalue weighted by Crippen LogP contribution is 2.31. The van der Waals surface area contributed by atoms with Crippen molar-refractivity contribution in [2.75, 3.05) is 31.6 Å². The minimum absolute atomic E-state index is 0.0897. The molecule has 1 N–H and O–H groups in total. The summed E-state index contributed by atoms with van der Waals surface area (Å²) in [7, 11) is 0. The highest BCUT2D eigenvalue weighted by molar-refractivity contribution is 5.92. The number of piperidine rings is 1. The molecule has 26 heavy (non-hydrogen) atoms. The molecule has 0 saturated carbocycles. The number of nitrogens with one attached hydrogen (secondary N) is 1. The van der Waals surface area contributed by atoms with Crippen LogP contribution in [0.5, 0.6) is 0 Å². The van der Waals surface area contributed by atoms with Gasteiger partial charge in [0.05, 0.1) is 13.2 Å². The summed E-state index contributed by atoms with van der Waals surface area (Å²) in [5.74, 6) is -0.158. The molecule has 2 aliphatic rings. The van der Waals surface area contributed by atoms with Crippen LogP contribution < -0.4 is 5.32 Å². The molecule has 136 valence electrons. The molecule has 4 rings (SSSR count). The number of amides is 1. The van der Waals surface area contributed by atoms with E-state index in [9.17, 15) is 4.79 Å². The van der Waals surface area contributed by atoms with E-state index in [2.05, 4.69) is 15.3 Å². The number of ether oxygens (including phenoxy) is 2. The Bertz CT molecular complexity index is 795. The predicted molar refractivity (Wildman–Crippen MR) is 96.3 cm³/mol. The maximum atomic E-state index is 12.8. The molecule has 1 spiro atoms. The Kier molecular flexibility index (Phi) is 4.57. The van der Waals surface area contributed by atoms with E-state index in [1.54, 1.807) is 17.2 Å². The van der Waals surface area contributed by atoms with Crippen LogP contribution in [0.15, 0.2) is 36.5 Å². The molecule has 0 aliphatic carbocycles. The zero-order valence-electron chi connectivity index (χ0n) is 14.8. The van der Waals surface area contributed by atoms with Gasteiger partial charge in [0.2, 0.25) is 5.95 Å². The van der Waals surface area contributed by atoms with Gasteiger partial charge >= 0.3 is 0 Å². The van der Waals surface area contributed by atoms with Gasteiger partial charge in [-0.1, -0.05) is 18.2 Å². The molecule has 0 atom stereocenters. The molecule has 1 amide bonds. The Morgan fingerprint density at radius 3 is 2.62 bits per heavy atom. The van der Waals surface area contributed by atoms with Gasteiger partial charge in [-0.3, -0.25) is 4.79 Å². The molecule has 2 aromatic rings. The smallest absolute Gasteiger partial charge is 0.272 e. The fourth-order valence-electron chi connectivity index (χ4n) is 3.37. The first-order valence-corrected chi connectivity index (χ1v) is 8.88. The van der Waals surface area contributed by atoms with Crippen LogP contribution >= 0.6 is 0 Å². The number of hydrogen-bond donors (Lipinski definition) is 1. The molecule has 0 bridgehead atoms. The van der Waals surface area contributed by atoms with Crippen molar-refractivity contribution < 1.29 is 14.3 Å². The van der Waals surface area contributed by atoms with Gasteiger partial charge in [-0.25, -0.2) is 9.97 Å². The molecule has 3 heterocycles. The second kappa shape index (κ2) is 7.01. The van der Waals surface area contributed by atoms with Gasteiger partial charge < -0.3 is 19.7 Å². The summed E-state index contributed by atoms with van der Waals surface area (Å²) in [6.07, 6.45) is 2.99. The molecule has 2 fully saturated rings. The average Bonchev–Trinajstić information content (AvgIpc) is 3.12. The van der Waals surface area contributed by atoms with Crippen molar-refractivity contribution in [1.82, 2.24) is 14.9 Å². The van der Waals surface area contributed by atoms with Gasteiger partial charge in [0.25, 0.3) is 5.91 Å². The standard InChI is InChI=1S/C19H22N4O3/c1-14-4-2-3-5-15(14)21-18-20-9-6-16(22-18)17(24)23-10-7-19(8-11-23)25-12-13-26-19/h2-6,9H,7-8,10-13H2,1H3,(H,20,21,22). The summed E-state index contributed by atoms with van der Waals surface area (Å²) >= 11 is 0. The second-order valence-corrected chi connectivity index (χ2v) is 6.61. The van der Waals surface area contributed by atoms with Crippen LogP contribution in [-0.4, -0.2) is 52.9 Å². The van der Waals surface area contributed by atoms with E-state index in [4.69, 9.17) is 9.47 Å². The maximum Gasteiger partial charge on any atom is 0.272 e. The number of hydrogen-bond acceptors (Lipinski definition) is 6. The number of carbonyl (C=O) groups is 1. The van der Waals surface area contributed by atoms with E-state index in [0.717, 1.165) is 11.3 Å². The third kappa shape index (κ3) is 3.40. The molecule has 7 nitrogen and oxygen atoms in total. The minimum atomic E-state index is -0.486. The molecule has 1 aromatic heterocycles. The molecule has 2 saturated heterocycles. The lowest BCUT2D eigenvalue weighted by Crippen LogP contribution is -2.47. The zero-order chi connectivity index (χ0) is 18.0. The quantitative estimate of drug-likeness (QED) is 0.913. The molecular weight excluding hydrogens is 332 g/mol. The molecule has 0 radical (unpaired) electrons. The summed E-state index contributed by atoms with van der Waals surface area (Å²) in [6, 6.07) is 9.54. The second-order valence-electron chi connectivity index (χ2n) is 6.61. The summed E-state index contributed by atoms with van der Waals surface area (Å²) in [5.41, 5.74) is 2.40. The highest BCUT2D eigenvalue weighted by atomic mass is 16.7. The number of carbonyl (C=O) groups excluding carboxylic acids is 1. The van der Waals surface area contributed by atoms with Gasteiger partial charge in [-0.2, -0.15) is 0 Å². The van der Waals surface area contributed by atoms with Gasteiger partial charge in [0.1, 0.15) is 5.69 Å². The van der Waals surface area contributed by atoms with Crippen molar-refractivity contribution in [3.63, 3.8) is 0 Å². The van der Waals surface area contributed by atoms with Crippen molar-refractivity contribution in [2.24, 2.45) is 0 Å². The van der Waals surface area contributed by atoms with Gasteiger partial charge in [-0.15, -0.1) is 0 Å². The lowest BCUT2D eigenvalue weighted by atomic mass is 10.0. The lowest BCUT2D eigenvalue weighted by Gasteiger charge is -2.37. The van der Waals surface area contributed by atoms with Crippen LogP contribution in [0.2, 0.25) is 0 Å². The number of aromatic nitrogens is 2. The van der Waals surface area contributed by atoms with E-state index in [1.165, 1.54) is 0 Å². The summed E-state index contributed by atoms with van der Waals surface area (Å²) < 4.78 is 11.4. The third-order valence-electron chi connectivity index (χ3n) is 4.89. The molecule has 2 aliphatic heterocycles. The third-order valence-corrected chi connectivity index (χ3v) is 4.89. The number of anilines is 2. The van der Waals surface area contributed by atoms with Gasteiger partial charge in [0, 0.05) is 37.8 Å². The van der Waals surface area contributed by atoms with Crippen molar-refractivity contribution in [3.05, 3.63) is 47.8 Å². The van der Waals surface area contributed by atoms with E-state index < -0.39 is 5.79 Å². The fourth-order valence-corrected chi connectivity index (χ4v) is 3.37. The Morgan fingerprint density at radius 1 is 1.15 bits per heavy atom. The van der Waals surface area contributed by atoms with E-state index in [-0.39, 0.29) is 5.91 Å². The summed E-state index contributed by atoms with van der Waals surface area (Å²) in [4.78, 5) is 23.2. The topological polar surface area (TPSA) is 76.6 Å². The molecule has 7 heteroatoms. The first kappa shape index (κ1) is 16.9. The SMILES string of the molecule is Cc1ccccc1Nc1nccc(C(=O)N2CCC3(CC2)OCCO3)n1. The van der Waals surface area contributed by atoms with Crippen LogP contribution in [-0.2, 0) is 9.47 Å². The van der Waals surface area contributed by atoms with Gasteiger partial charge in [-0.05, 0) is 24.6 Å². The molecule has 0 unspecified atom stereocenters.